The summed E-state index contributed by atoms with van der Waals surface area (Å²) in [5, 5.41) is 7.08. The Hall–Kier alpha value is -3.97. The van der Waals surface area contributed by atoms with Crippen molar-refractivity contribution in [1.29, 1.82) is 0 Å². The maximum Gasteiger partial charge on any atom is 0.226 e. The summed E-state index contributed by atoms with van der Waals surface area (Å²) >= 11 is 5.77. The zero-order valence-corrected chi connectivity index (χ0v) is 20.3. The maximum absolute atomic E-state index is 12.8. The highest BCUT2D eigenvalue weighted by Gasteiger charge is 2.41. The summed E-state index contributed by atoms with van der Waals surface area (Å²) < 4.78 is 2.18. The molecule has 2 aromatic carbocycles. The average molecular weight is 482 g/mol. The SMILES string of the molecule is Cc1ccc(NC(=O)CCN2C(=S)N[C@H](c3ccccn3)[C@@H]2c2cccn2-c2ccccc2)cc1. The van der Waals surface area contributed by atoms with Crippen molar-refractivity contribution in [1.82, 2.24) is 19.8 Å². The summed E-state index contributed by atoms with van der Waals surface area (Å²) in [6, 6.07) is 27.8. The number of benzene rings is 2. The molecular formula is C28H27N5OS. The van der Waals surface area contributed by atoms with Crippen molar-refractivity contribution in [3.63, 3.8) is 0 Å². The lowest BCUT2D eigenvalue weighted by atomic mass is 10.0. The number of para-hydroxylation sites is 1. The summed E-state index contributed by atoms with van der Waals surface area (Å²) in [5.41, 5.74) is 5.01. The van der Waals surface area contributed by atoms with E-state index in [0.29, 0.717) is 18.1 Å². The molecule has 0 spiro atoms. The Kier molecular flexibility index (Phi) is 6.59. The molecule has 1 aliphatic heterocycles. The van der Waals surface area contributed by atoms with E-state index in [9.17, 15) is 4.79 Å². The topological polar surface area (TPSA) is 62.2 Å². The van der Waals surface area contributed by atoms with Crippen molar-refractivity contribution in [2.75, 3.05) is 11.9 Å². The van der Waals surface area contributed by atoms with Crippen molar-refractivity contribution in [2.24, 2.45) is 0 Å². The van der Waals surface area contributed by atoms with E-state index in [1.807, 2.05) is 73.7 Å². The summed E-state index contributed by atoms with van der Waals surface area (Å²) in [5.74, 6) is -0.0462. The van der Waals surface area contributed by atoms with Crippen LogP contribution in [0, 0.1) is 6.92 Å². The molecule has 176 valence electrons. The number of pyridine rings is 1. The molecule has 2 N–H and O–H groups in total. The molecule has 6 nitrogen and oxygen atoms in total. The van der Waals surface area contributed by atoms with Gasteiger partial charge >= 0.3 is 0 Å². The molecule has 35 heavy (non-hydrogen) atoms. The molecule has 3 heterocycles. The van der Waals surface area contributed by atoms with E-state index in [1.54, 1.807) is 6.20 Å². The average Bonchev–Trinajstić information content (AvgIpc) is 3.49. The number of thiocarbonyl (C=S) groups is 1. The van der Waals surface area contributed by atoms with E-state index in [-0.39, 0.29) is 18.0 Å². The first-order chi connectivity index (χ1) is 17.1. The molecule has 1 amide bonds. The van der Waals surface area contributed by atoms with Gasteiger partial charge in [0.05, 0.1) is 17.8 Å². The third-order valence-electron chi connectivity index (χ3n) is 6.23. The molecule has 1 aliphatic rings. The molecule has 1 saturated heterocycles. The van der Waals surface area contributed by atoms with E-state index in [1.165, 1.54) is 0 Å². The van der Waals surface area contributed by atoms with Crippen LogP contribution in [0.1, 0.15) is 35.5 Å². The Morgan fingerprint density at radius 3 is 2.51 bits per heavy atom. The molecule has 1 fully saturated rings. The molecular weight excluding hydrogens is 454 g/mol. The van der Waals surface area contributed by atoms with Gasteiger partial charge in [0, 0.05) is 42.4 Å². The zero-order chi connectivity index (χ0) is 24.2. The molecule has 0 saturated carbocycles. The third-order valence-corrected chi connectivity index (χ3v) is 6.58. The van der Waals surface area contributed by atoms with Gasteiger partial charge in [-0.05, 0) is 67.7 Å². The van der Waals surface area contributed by atoms with Crippen molar-refractivity contribution in [3.05, 3.63) is 114 Å². The van der Waals surface area contributed by atoms with E-state index in [4.69, 9.17) is 12.2 Å². The van der Waals surface area contributed by atoms with Gasteiger partial charge in [0.2, 0.25) is 5.91 Å². The second kappa shape index (κ2) is 10.1. The number of nitrogens with one attached hydrogen (secondary N) is 2. The summed E-state index contributed by atoms with van der Waals surface area (Å²) in [7, 11) is 0. The molecule has 0 radical (unpaired) electrons. The number of nitrogens with zero attached hydrogens (tertiary/aromatic N) is 3. The van der Waals surface area contributed by atoms with Gasteiger partial charge in [-0.25, -0.2) is 0 Å². The second-order valence-electron chi connectivity index (χ2n) is 8.62. The highest BCUT2D eigenvalue weighted by molar-refractivity contribution is 7.80. The van der Waals surface area contributed by atoms with Crippen LogP contribution in [-0.4, -0.2) is 32.0 Å². The zero-order valence-electron chi connectivity index (χ0n) is 19.5. The van der Waals surface area contributed by atoms with Gasteiger partial charge in [-0.3, -0.25) is 9.78 Å². The molecule has 5 rings (SSSR count). The van der Waals surface area contributed by atoms with Crippen LogP contribution in [0.4, 0.5) is 5.69 Å². The van der Waals surface area contributed by atoms with Crippen LogP contribution in [0.2, 0.25) is 0 Å². The van der Waals surface area contributed by atoms with Crippen molar-refractivity contribution in [2.45, 2.75) is 25.4 Å². The molecule has 0 unspecified atom stereocenters. The second-order valence-corrected chi connectivity index (χ2v) is 9.01. The van der Waals surface area contributed by atoms with Gasteiger partial charge in [-0.15, -0.1) is 0 Å². The first-order valence-corrected chi connectivity index (χ1v) is 12.1. The number of carbonyl (C=O) groups excluding carboxylic acids is 1. The summed E-state index contributed by atoms with van der Waals surface area (Å²) in [6.07, 6.45) is 4.17. The van der Waals surface area contributed by atoms with Gasteiger partial charge in [0.1, 0.15) is 0 Å². The highest BCUT2D eigenvalue weighted by Crippen LogP contribution is 2.39. The number of amides is 1. The van der Waals surface area contributed by atoms with E-state index in [0.717, 1.165) is 28.3 Å². The quantitative estimate of drug-likeness (QED) is 0.356. The van der Waals surface area contributed by atoms with Crippen molar-refractivity contribution in [3.8, 4) is 5.69 Å². The molecule has 4 aromatic rings. The van der Waals surface area contributed by atoms with Crippen molar-refractivity contribution >= 4 is 28.9 Å². The number of rotatable bonds is 7. The number of carbonyl (C=O) groups is 1. The molecule has 2 atom stereocenters. The number of anilines is 1. The maximum atomic E-state index is 12.8. The standard InChI is InChI=1S/C28H27N5OS/c1-20-12-14-21(15-13-20)30-25(34)16-19-33-27(26(31-28(33)35)23-10-5-6-17-29-23)24-11-7-18-32(24)22-8-3-2-4-9-22/h2-15,17-18,26-27H,16,19H2,1H3,(H,30,34)(H,31,35)/t26-,27+/m1/s1. The van der Waals surface area contributed by atoms with E-state index in [2.05, 4.69) is 49.5 Å². The minimum atomic E-state index is -0.138. The first-order valence-electron chi connectivity index (χ1n) is 11.7. The fraction of sp³-hybridized carbons (Fsp3) is 0.179. The monoisotopic (exact) mass is 481 g/mol. The normalized spacial score (nSPS) is 17.3. The Balaban J connectivity index is 1.42. The van der Waals surface area contributed by atoms with Gasteiger partial charge in [-0.2, -0.15) is 0 Å². The van der Waals surface area contributed by atoms with Gasteiger partial charge < -0.3 is 20.1 Å². The highest BCUT2D eigenvalue weighted by atomic mass is 32.1. The Labute approximate surface area is 210 Å². The Bertz CT molecular complexity index is 1300. The summed E-state index contributed by atoms with van der Waals surface area (Å²) in [4.78, 5) is 19.5. The lowest BCUT2D eigenvalue weighted by molar-refractivity contribution is -0.116. The predicted molar refractivity (Wildman–Crippen MR) is 142 cm³/mol. The minimum absolute atomic E-state index is 0.0462. The van der Waals surface area contributed by atoms with Crippen LogP contribution in [0.5, 0.6) is 0 Å². The van der Waals surface area contributed by atoms with Crippen molar-refractivity contribution < 1.29 is 4.79 Å². The third kappa shape index (κ3) is 4.95. The number of aromatic nitrogens is 2. The molecule has 2 aromatic heterocycles. The largest absolute Gasteiger partial charge is 0.352 e. The van der Waals surface area contributed by atoms with E-state index >= 15 is 0 Å². The number of aryl methyl sites for hydroxylation is 1. The smallest absolute Gasteiger partial charge is 0.226 e. The van der Waals surface area contributed by atoms with Gasteiger partial charge in [-0.1, -0.05) is 42.0 Å². The predicted octanol–water partition coefficient (Wildman–Crippen LogP) is 5.18. The van der Waals surface area contributed by atoms with Crippen LogP contribution >= 0.6 is 12.2 Å². The fourth-order valence-electron chi connectivity index (χ4n) is 4.51. The van der Waals surface area contributed by atoms with Crippen LogP contribution in [0.15, 0.2) is 97.3 Å². The lowest BCUT2D eigenvalue weighted by Crippen LogP contribution is -2.33. The van der Waals surface area contributed by atoms with Gasteiger partial charge in [0.15, 0.2) is 5.11 Å². The van der Waals surface area contributed by atoms with Crippen LogP contribution in [-0.2, 0) is 4.79 Å². The minimum Gasteiger partial charge on any atom is -0.352 e. The Morgan fingerprint density at radius 2 is 1.77 bits per heavy atom. The number of hydrogen-bond acceptors (Lipinski definition) is 3. The molecule has 7 heteroatoms. The fourth-order valence-corrected chi connectivity index (χ4v) is 4.84. The van der Waals surface area contributed by atoms with Crippen LogP contribution < -0.4 is 10.6 Å². The molecule has 0 bridgehead atoms. The first kappa shape index (κ1) is 22.8. The van der Waals surface area contributed by atoms with Crippen LogP contribution in [0.25, 0.3) is 5.69 Å². The van der Waals surface area contributed by atoms with Crippen LogP contribution in [0.3, 0.4) is 0 Å². The number of hydrogen-bond donors (Lipinski definition) is 2. The lowest BCUT2D eigenvalue weighted by Gasteiger charge is -2.28. The Morgan fingerprint density at radius 1 is 1.00 bits per heavy atom. The summed E-state index contributed by atoms with van der Waals surface area (Å²) in [6.45, 7) is 2.51. The van der Waals surface area contributed by atoms with Gasteiger partial charge in [0.25, 0.3) is 0 Å². The van der Waals surface area contributed by atoms with E-state index < -0.39 is 0 Å². The molecule has 0 aliphatic carbocycles.